The Morgan fingerprint density at radius 2 is 2.11 bits per heavy atom. The van der Waals surface area contributed by atoms with E-state index in [0.29, 0.717) is 17.8 Å². The lowest BCUT2D eigenvalue weighted by molar-refractivity contribution is -0.141. The Morgan fingerprint density at radius 1 is 1.47 bits per heavy atom. The largest absolute Gasteiger partial charge is 0.481 e. The normalized spacial score (nSPS) is 20.2. The van der Waals surface area contributed by atoms with E-state index in [9.17, 15) is 13.2 Å². The number of H-pyrrole nitrogens is 1. The van der Waals surface area contributed by atoms with Crippen LogP contribution < -0.4 is 0 Å². The number of nitrogens with zero attached hydrogens (tertiary/aromatic N) is 2. The summed E-state index contributed by atoms with van der Waals surface area (Å²) in [6.45, 7) is 3.52. The summed E-state index contributed by atoms with van der Waals surface area (Å²) in [6.07, 6.45) is 0.352. The summed E-state index contributed by atoms with van der Waals surface area (Å²) in [6, 6.07) is 0. The fraction of sp³-hybridized carbons (Fsp3) is 0.600. The predicted octanol–water partition coefficient (Wildman–Crippen LogP) is 0.544. The molecule has 0 radical (unpaired) electrons. The number of aromatic nitrogens is 2. The van der Waals surface area contributed by atoms with Gasteiger partial charge in [0.1, 0.15) is 4.90 Å². The average Bonchev–Trinajstić information content (AvgIpc) is 2.85. The lowest BCUT2D eigenvalue weighted by Crippen LogP contribution is -2.30. The van der Waals surface area contributed by atoms with Crippen LogP contribution in [0.2, 0.25) is 0 Å². The molecule has 0 amide bonds. The third-order valence-electron chi connectivity index (χ3n) is 3.16. The molecule has 0 spiro atoms. The molecular weight excluding hydrogens is 294 g/mol. The van der Waals surface area contributed by atoms with Gasteiger partial charge in [-0.15, -0.1) is 12.4 Å². The van der Waals surface area contributed by atoms with Crippen LogP contribution in [-0.2, 0) is 14.8 Å². The van der Waals surface area contributed by atoms with Crippen LogP contribution >= 0.6 is 12.4 Å². The monoisotopic (exact) mass is 309 g/mol. The van der Waals surface area contributed by atoms with Gasteiger partial charge >= 0.3 is 5.97 Å². The maximum Gasteiger partial charge on any atom is 0.307 e. The summed E-state index contributed by atoms with van der Waals surface area (Å²) in [5, 5.41) is 15.4. The Labute approximate surface area is 117 Å². The molecule has 1 aromatic rings. The first kappa shape index (κ1) is 15.9. The number of hydrogen-bond donors (Lipinski definition) is 2. The van der Waals surface area contributed by atoms with E-state index in [2.05, 4.69) is 10.2 Å². The van der Waals surface area contributed by atoms with Crippen molar-refractivity contribution in [3.05, 3.63) is 11.4 Å². The standard InChI is InChI=1S/C10H15N3O4S.ClH/c1-6-9(7(2)12-11-6)18(16,17)13-4-3-8(5-13)10(14)15;/h8H,3-5H2,1-2H3,(H,11,12)(H,14,15);1H. The number of carbonyl (C=O) groups is 1. The fourth-order valence-corrected chi connectivity index (χ4v) is 4.03. The highest BCUT2D eigenvalue weighted by molar-refractivity contribution is 7.89. The number of halogens is 1. The Hall–Kier alpha value is -1.12. The van der Waals surface area contributed by atoms with E-state index in [0.717, 1.165) is 0 Å². The lowest BCUT2D eigenvalue weighted by atomic mass is 10.1. The number of nitrogens with one attached hydrogen (secondary N) is 1. The molecule has 1 aromatic heterocycles. The SMILES string of the molecule is Cc1n[nH]c(C)c1S(=O)(=O)N1CCC(C(=O)O)C1.Cl. The van der Waals surface area contributed by atoms with Crippen LogP contribution in [-0.4, -0.2) is 47.1 Å². The highest BCUT2D eigenvalue weighted by Crippen LogP contribution is 2.27. The number of aliphatic carboxylic acids is 1. The molecule has 1 atom stereocenters. The number of carboxylic acids is 1. The van der Waals surface area contributed by atoms with Gasteiger partial charge in [0.2, 0.25) is 10.0 Å². The van der Waals surface area contributed by atoms with Crippen LogP contribution in [0.3, 0.4) is 0 Å². The first-order chi connectivity index (χ1) is 8.34. The molecule has 2 N–H and O–H groups in total. The highest BCUT2D eigenvalue weighted by Gasteiger charge is 2.37. The summed E-state index contributed by atoms with van der Waals surface area (Å²) in [7, 11) is -3.65. The second-order valence-corrected chi connectivity index (χ2v) is 6.32. The third kappa shape index (κ3) is 2.75. The van der Waals surface area contributed by atoms with Gasteiger partial charge < -0.3 is 5.11 Å². The molecule has 1 unspecified atom stereocenters. The Bertz CT molecular complexity index is 564. The van der Waals surface area contributed by atoms with Crippen molar-refractivity contribution >= 4 is 28.4 Å². The summed E-state index contributed by atoms with van der Waals surface area (Å²) < 4.78 is 26.0. The van der Waals surface area contributed by atoms with Gasteiger partial charge in [-0.3, -0.25) is 9.89 Å². The van der Waals surface area contributed by atoms with Crippen molar-refractivity contribution < 1.29 is 18.3 Å². The molecule has 0 aromatic carbocycles. The molecule has 1 saturated heterocycles. The molecule has 0 saturated carbocycles. The summed E-state index contributed by atoms with van der Waals surface area (Å²) in [4.78, 5) is 11.0. The molecule has 2 heterocycles. The topological polar surface area (TPSA) is 103 Å². The van der Waals surface area contributed by atoms with Crippen molar-refractivity contribution in [3.63, 3.8) is 0 Å². The van der Waals surface area contributed by atoms with Crippen LogP contribution in [0.5, 0.6) is 0 Å². The second-order valence-electron chi connectivity index (χ2n) is 4.45. The molecular formula is C10H16ClN3O4S. The van der Waals surface area contributed by atoms with Gasteiger partial charge in [-0.2, -0.15) is 9.40 Å². The third-order valence-corrected chi connectivity index (χ3v) is 5.29. The number of aromatic amines is 1. The van der Waals surface area contributed by atoms with Crippen LogP contribution in [0, 0.1) is 19.8 Å². The van der Waals surface area contributed by atoms with E-state index in [1.807, 2.05) is 0 Å². The molecule has 0 aliphatic carbocycles. The first-order valence-electron chi connectivity index (χ1n) is 5.58. The Kier molecular flexibility index (Phi) is 4.59. The molecule has 1 fully saturated rings. The highest BCUT2D eigenvalue weighted by atomic mass is 35.5. The van der Waals surface area contributed by atoms with Gasteiger partial charge in [-0.05, 0) is 20.3 Å². The maximum absolute atomic E-state index is 12.4. The van der Waals surface area contributed by atoms with Gasteiger partial charge in [-0.25, -0.2) is 8.42 Å². The average molecular weight is 310 g/mol. The second kappa shape index (κ2) is 5.48. The summed E-state index contributed by atoms with van der Waals surface area (Å²) in [5.41, 5.74) is 0.887. The van der Waals surface area contributed by atoms with E-state index in [1.54, 1.807) is 13.8 Å². The van der Waals surface area contributed by atoms with E-state index in [-0.39, 0.29) is 30.4 Å². The summed E-state index contributed by atoms with van der Waals surface area (Å²) >= 11 is 0. The van der Waals surface area contributed by atoms with Crippen molar-refractivity contribution in [3.8, 4) is 0 Å². The predicted molar refractivity (Wildman–Crippen MR) is 69.8 cm³/mol. The van der Waals surface area contributed by atoms with Crippen LogP contribution in [0.15, 0.2) is 4.90 Å². The fourth-order valence-electron chi connectivity index (χ4n) is 2.20. The molecule has 19 heavy (non-hydrogen) atoms. The molecule has 7 nitrogen and oxygen atoms in total. The lowest BCUT2D eigenvalue weighted by Gasteiger charge is -2.15. The quantitative estimate of drug-likeness (QED) is 0.848. The van der Waals surface area contributed by atoms with Crippen LogP contribution in [0.1, 0.15) is 17.8 Å². The molecule has 2 rings (SSSR count). The van der Waals surface area contributed by atoms with E-state index in [1.165, 1.54) is 4.31 Å². The number of aryl methyl sites for hydroxylation is 2. The Balaban J connectivity index is 0.00000180. The van der Waals surface area contributed by atoms with Crippen LogP contribution in [0.25, 0.3) is 0 Å². The first-order valence-corrected chi connectivity index (χ1v) is 7.02. The maximum atomic E-state index is 12.4. The molecule has 108 valence electrons. The van der Waals surface area contributed by atoms with Crippen molar-refractivity contribution in [2.45, 2.75) is 25.2 Å². The van der Waals surface area contributed by atoms with E-state index >= 15 is 0 Å². The van der Waals surface area contributed by atoms with Gasteiger partial charge in [0.15, 0.2) is 0 Å². The minimum Gasteiger partial charge on any atom is -0.481 e. The summed E-state index contributed by atoms with van der Waals surface area (Å²) in [5.74, 6) is -1.57. The van der Waals surface area contributed by atoms with Crippen molar-refractivity contribution in [1.29, 1.82) is 0 Å². The van der Waals surface area contributed by atoms with Gasteiger partial charge in [0.05, 0.1) is 17.3 Å². The molecule has 1 aliphatic rings. The minimum absolute atomic E-state index is 0. The molecule has 0 bridgehead atoms. The number of carboxylic acid groups (broad SMARTS) is 1. The van der Waals surface area contributed by atoms with Gasteiger partial charge in [0, 0.05) is 13.1 Å². The molecule has 1 aliphatic heterocycles. The zero-order chi connectivity index (χ0) is 13.5. The van der Waals surface area contributed by atoms with Crippen LogP contribution in [0.4, 0.5) is 0 Å². The Morgan fingerprint density at radius 3 is 2.53 bits per heavy atom. The van der Waals surface area contributed by atoms with E-state index < -0.39 is 21.9 Å². The van der Waals surface area contributed by atoms with Gasteiger partial charge in [-0.1, -0.05) is 0 Å². The smallest absolute Gasteiger partial charge is 0.307 e. The zero-order valence-corrected chi connectivity index (χ0v) is 12.2. The van der Waals surface area contributed by atoms with E-state index in [4.69, 9.17) is 5.11 Å². The zero-order valence-electron chi connectivity index (χ0n) is 10.6. The molecule has 9 heteroatoms. The number of sulfonamides is 1. The minimum atomic E-state index is -3.65. The van der Waals surface area contributed by atoms with Gasteiger partial charge in [0.25, 0.3) is 0 Å². The number of hydrogen-bond acceptors (Lipinski definition) is 4. The van der Waals surface area contributed by atoms with Crippen molar-refractivity contribution in [2.75, 3.05) is 13.1 Å². The number of rotatable bonds is 3. The van der Waals surface area contributed by atoms with Crippen molar-refractivity contribution in [1.82, 2.24) is 14.5 Å². The van der Waals surface area contributed by atoms with Crippen molar-refractivity contribution in [2.24, 2.45) is 5.92 Å².